The molecule has 0 amide bonds. The van der Waals surface area contributed by atoms with Crippen LogP contribution >= 0.6 is 15.9 Å². The van der Waals surface area contributed by atoms with Gasteiger partial charge < -0.3 is 0 Å². The highest BCUT2D eigenvalue weighted by atomic mass is 79.9. The topological polar surface area (TPSA) is 37.4 Å². The molecule has 3 rings (SSSR count). The second-order valence-corrected chi connectivity index (χ2v) is 8.08. The molecule has 2 unspecified atom stereocenters. The third kappa shape index (κ3) is 2.12. The fraction of sp³-hybridized carbons (Fsp3) is 0.538. The van der Waals surface area contributed by atoms with Gasteiger partial charge >= 0.3 is 0 Å². The summed E-state index contributed by atoms with van der Waals surface area (Å²) >= 11 is 3.33. The molecule has 5 heteroatoms. The zero-order valence-corrected chi connectivity index (χ0v) is 12.5. The summed E-state index contributed by atoms with van der Waals surface area (Å²) in [5.74, 6) is 1.18. The van der Waals surface area contributed by atoms with Crippen LogP contribution in [0.3, 0.4) is 0 Å². The summed E-state index contributed by atoms with van der Waals surface area (Å²) in [6, 6.07) is 6.98. The van der Waals surface area contributed by atoms with Crippen LogP contribution in [0, 0.1) is 11.8 Å². The quantitative estimate of drug-likeness (QED) is 0.836. The first-order valence-electron chi connectivity index (χ1n) is 6.33. The Kier molecular flexibility index (Phi) is 3.24. The normalized spacial score (nSPS) is 28.5. The lowest BCUT2D eigenvalue weighted by Crippen LogP contribution is -2.29. The summed E-state index contributed by atoms with van der Waals surface area (Å²) in [4.78, 5) is 0.400. The van der Waals surface area contributed by atoms with E-state index >= 15 is 0 Å². The first-order chi connectivity index (χ1) is 8.57. The third-order valence-electron chi connectivity index (χ3n) is 4.13. The van der Waals surface area contributed by atoms with Crippen molar-refractivity contribution in [2.75, 3.05) is 13.1 Å². The predicted octanol–water partition coefficient (Wildman–Crippen LogP) is 2.87. The molecule has 1 aliphatic heterocycles. The molecule has 1 aromatic rings. The van der Waals surface area contributed by atoms with Crippen LogP contribution in [-0.4, -0.2) is 25.8 Å². The van der Waals surface area contributed by atoms with Crippen molar-refractivity contribution in [1.29, 1.82) is 0 Å². The molecular formula is C13H16BrNO2S. The van der Waals surface area contributed by atoms with Crippen LogP contribution in [0.5, 0.6) is 0 Å². The van der Waals surface area contributed by atoms with Crippen LogP contribution in [0.25, 0.3) is 0 Å². The molecule has 1 aromatic carbocycles. The largest absolute Gasteiger partial charge is 0.243 e. The number of hydrogen-bond donors (Lipinski definition) is 0. The van der Waals surface area contributed by atoms with E-state index in [2.05, 4.69) is 15.9 Å². The minimum absolute atomic E-state index is 0.400. The average Bonchev–Trinajstić information content (AvgIpc) is 2.89. The molecule has 1 heterocycles. The Morgan fingerprint density at radius 1 is 1.17 bits per heavy atom. The van der Waals surface area contributed by atoms with E-state index in [-0.39, 0.29) is 0 Å². The number of sulfonamides is 1. The monoisotopic (exact) mass is 329 g/mol. The molecule has 0 aromatic heterocycles. The summed E-state index contributed by atoms with van der Waals surface area (Å²) in [6.45, 7) is 1.42. The molecule has 0 bridgehead atoms. The van der Waals surface area contributed by atoms with Gasteiger partial charge in [0.1, 0.15) is 0 Å². The molecule has 1 saturated heterocycles. The molecule has 98 valence electrons. The molecule has 0 spiro atoms. The maximum atomic E-state index is 12.5. The minimum Gasteiger partial charge on any atom is -0.207 e. The Labute approximate surface area is 116 Å². The fourth-order valence-electron chi connectivity index (χ4n) is 3.16. The zero-order valence-electron chi connectivity index (χ0n) is 10.0. The van der Waals surface area contributed by atoms with Gasteiger partial charge in [0.15, 0.2) is 0 Å². The third-order valence-corrected chi connectivity index (χ3v) is 6.45. The lowest BCUT2D eigenvalue weighted by atomic mass is 10.0. The highest BCUT2D eigenvalue weighted by Gasteiger charge is 2.41. The van der Waals surface area contributed by atoms with Crippen molar-refractivity contribution in [3.63, 3.8) is 0 Å². The molecule has 0 radical (unpaired) electrons. The second-order valence-electron chi connectivity index (χ2n) is 5.23. The number of nitrogens with zero attached hydrogens (tertiary/aromatic N) is 1. The van der Waals surface area contributed by atoms with Crippen LogP contribution in [0.4, 0.5) is 0 Å². The van der Waals surface area contributed by atoms with Crippen molar-refractivity contribution in [3.05, 3.63) is 28.7 Å². The van der Waals surface area contributed by atoms with Gasteiger partial charge in [0.2, 0.25) is 10.0 Å². The van der Waals surface area contributed by atoms with Gasteiger partial charge in [-0.3, -0.25) is 0 Å². The summed E-state index contributed by atoms with van der Waals surface area (Å²) < 4.78 is 27.5. The lowest BCUT2D eigenvalue weighted by Gasteiger charge is -2.17. The summed E-state index contributed by atoms with van der Waals surface area (Å²) in [5.41, 5.74) is 0. The van der Waals surface area contributed by atoms with Crippen molar-refractivity contribution >= 4 is 26.0 Å². The van der Waals surface area contributed by atoms with E-state index in [0.717, 1.165) is 4.47 Å². The van der Waals surface area contributed by atoms with E-state index in [0.29, 0.717) is 29.8 Å². The van der Waals surface area contributed by atoms with Gasteiger partial charge in [-0.15, -0.1) is 0 Å². The standard InChI is InChI=1S/C13H16BrNO2S/c14-12-5-2-6-13(7-12)18(16,17)15-8-10-3-1-4-11(10)9-15/h2,5-7,10-11H,1,3-4,8-9H2. The number of halogens is 1. The molecular weight excluding hydrogens is 314 g/mol. The van der Waals surface area contributed by atoms with Crippen molar-refractivity contribution in [1.82, 2.24) is 4.31 Å². The van der Waals surface area contributed by atoms with E-state index in [1.165, 1.54) is 19.3 Å². The van der Waals surface area contributed by atoms with Crippen LogP contribution in [0.15, 0.2) is 33.6 Å². The smallest absolute Gasteiger partial charge is 0.207 e. The molecule has 1 saturated carbocycles. The maximum Gasteiger partial charge on any atom is 0.243 e. The van der Waals surface area contributed by atoms with Crippen molar-refractivity contribution < 1.29 is 8.42 Å². The van der Waals surface area contributed by atoms with Gasteiger partial charge in [-0.05, 0) is 42.9 Å². The average molecular weight is 330 g/mol. The minimum atomic E-state index is -3.30. The zero-order chi connectivity index (χ0) is 12.8. The van der Waals surface area contributed by atoms with E-state index in [9.17, 15) is 8.42 Å². The van der Waals surface area contributed by atoms with Gasteiger partial charge in [-0.25, -0.2) is 8.42 Å². The van der Waals surface area contributed by atoms with E-state index in [1.54, 1.807) is 22.5 Å². The van der Waals surface area contributed by atoms with Gasteiger partial charge in [0, 0.05) is 17.6 Å². The lowest BCUT2D eigenvalue weighted by molar-refractivity contribution is 0.445. The highest BCUT2D eigenvalue weighted by molar-refractivity contribution is 9.10. The molecule has 1 aliphatic carbocycles. The number of hydrogen-bond acceptors (Lipinski definition) is 2. The summed E-state index contributed by atoms with van der Waals surface area (Å²) in [5, 5.41) is 0. The van der Waals surface area contributed by atoms with Crippen molar-refractivity contribution in [2.45, 2.75) is 24.2 Å². The summed E-state index contributed by atoms with van der Waals surface area (Å²) in [6.07, 6.45) is 3.64. The number of rotatable bonds is 2. The first kappa shape index (κ1) is 12.6. The van der Waals surface area contributed by atoms with E-state index in [4.69, 9.17) is 0 Å². The van der Waals surface area contributed by atoms with Gasteiger partial charge in [-0.2, -0.15) is 4.31 Å². The van der Waals surface area contributed by atoms with Crippen LogP contribution in [-0.2, 0) is 10.0 Å². The predicted molar refractivity (Wildman–Crippen MR) is 73.7 cm³/mol. The molecule has 18 heavy (non-hydrogen) atoms. The fourth-order valence-corrected chi connectivity index (χ4v) is 5.32. The van der Waals surface area contributed by atoms with Crippen molar-refractivity contribution in [3.8, 4) is 0 Å². The number of fused-ring (bicyclic) bond motifs is 1. The molecule has 3 nitrogen and oxygen atoms in total. The first-order valence-corrected chi connectivity index (χ1v) is 8.56. The molecule has 2 atom stereocenters. The van der Waals surface area contributed by atoms with E-state index in [1.807, 2.05) is 6.07 Å². The van der Waals surface area contributed by atoms with Crippen LogP contribution in [0.1, 0.15) is 19.3 Å². The van der Waals surface area contributed by atoms with Gasteiger partial charge in [-0.1, -0.05) is 28.4 Å². The molecule has 2 aliphatic rings. The van der Waals surface area contributed by atoms with E-state index < -0.39 is 10.0 Å². The maximum absolute atomic E-state index is 12.5. The van der Waals surface area contributed by atoms with Gasteiger partial charge in [0.25, 0.3) is 0 Å². The second kappa shape index (κ2) is 4.62. The Balaban J connectivity index is 1.87. The van der Waals surface area contributed by atoms with Crippen molar-refractivity contribution in [2.24, 2.45) is 11.8 Å². The highest BCUT2D eigenvalue weighted by Crippen LogP contribution is 2.39. The van der Waals surface area contributed by atoms with Gasteiger partial charge in [0.05, 0.1) is 4.90 Å². The summed E-state index contributed by atoms with van der Waals surface area (Å²) in [7, 11) is -3.30. The Morgan fingerprint density at radius 3 is 2.44 bits per heavy atom. The SMILES string of the molecule is O=S(=O)(c1cccc(Br)c1)N1CC2CCCC2C1. The number of benzene rings is 1. The Hall–Kier alpha value is -0.390. The van der Waals surface area contributed by atoms with Crippen LogP contribution in [0.2, 0.25) is 0 Å². The molecule has 2 fully saturated rings. The van der Waals surface area contributed by atoms with Crippen LogP contribution < -0.4 is 0 Å². The molecule has 0 N–H and O–H groups in total. The Bertz CT molecular complexity index is 546. The Morgan fingerprint density at radius 2 is 1.83 bits per heavy atom.